The van der Waals surface area contributed by atoms with Crippen molar-refractivity contribution in [1.29, 1.82) is 0 Å². The van der Waals surface area contributed by atoms with Gasteiger partial charge in [-0.2, -0.15) is 0 Å². The Balaban J connectivity index is 3.08. The summed E-state index contributed by atoms with van der Waals surface area (Å²) in [5.74, 6) is 0.761. The SMILES string of the molecule is COc1c(Br)cccc1/C=C/C(C)=O. The van der Waals surface area contributed by atoms with E-state index >= 15 is 0 Å². The molecule has 1 aromatic rings. The molecule has 0 atom stereocenters. The summed E-state index contributed by atoms with van der Waals surface area (Å²) in [4.78, 5) is 10.8. The largest absolute Gasteiger partial charge is 0.495 e. The van der Waals surface area contributed by atoms with Crippen LogP contribution in [-0.4, -0.2) is 12.9 Å². The zero-order valence-electron chi connectivity index (χ0n) is 8.08. The van der Waals surface area contributed by atoms with Gasteiger partial charge < -0.3 is 4.74 Å². The molecule has 0 saturated carbocycles. The van der Waals surface area contributed by atoms with Crippen molar-refractivity contribution in [3.05, 3.63) is 34.3 Å². The third-order valence-electron chi connectivity index (χ3n) is 1.70. The van der Waals surface area contributed by atoms with Crippen LogP contribution in [0.3, 0.4) is 0 Å². The third-order valence-corrected chi connectivity index (χ3v) is 2.32. The smallest absolute Gasteiger partial charge is 0.152 e. The number of allylic oxidation sites excluding steroid dienone is 1. The molecular formula is C11H11BrO2. The van der Waals surface area contributed by atoms with Gasteiger partial charge >= 0.3 is 0 Å². The molecule has 0 radical (unpaired) electrons. The van der Waals surface area contributed by atoms with Crippen molar-refractivity contribution in [2.24, 2.45) is 0 Å². The number of para-hydroxylation sites is 1. The summed E-state index contributed by atoms with van der Waals surface area (Å²) in [6, 6.07) is 5.68. The first kappa shape index (κ1) is 11.0. The van der Waals surface area contributed by atoms with Crippen molar-refractivity contribution < 1.29 is 9.53 Å². The van der Waals surface area contributed by atoms with Crippen LogP contribution in [0, 0.1) is 0 Å². The van der Waals surface area contributed by atoms with Gasteiger partial charge in [-0.15, -0.1) is 0 Å². The van der Waals surface area contributed by atoms with Crippen LogP contribution < -0.4 is 4.74 Å². The maximum atomic E-state index is 10.8. The lowest BCUT2D eigenvalue weighted by Gasteiger charge is -2.06. The fourth-order valence-corrected chi connectivity index (χ4v) is 1.62. The lowest BCUT2D eigenvalue weighted by Crippen LogP contribution is -1.88. The molecule has 0 spiro atoms. The Bertz CT molecular complexity index is 370. The number of benzene rings is 1. The summed E-state index contributed by atoms with van der Waals surface area (Å²) in [5.41, 5.74) is 0.886. The molecule has 0 saturated heterocycles. The first-order valence-corrected chi connectivity index (χ1v) is 4.95. The molecule has 74 valence electrons. The Morgan fingerprint density at radius 3 is 2.79 bits per heavy atom. The van der Waals surface area contributed by atoms with Crippen molar-refractivity contribution in [3.8, 4) is 5.75 Å². The monoisotopic (exact) mass is 254 g/mol. The van der Waals surface area contributed by atoms with E-state index in [2.05, 4.69) is 15.9 Å². The molecule has 0 bridgehead atoms. The molecule has 2 nitrogen and oxygen atoms in total. The van der Waals surface area contributed by atoms with Gasteiger partial charge in [-0.05, 0) is 41.1 Å². The highest BCUT2D eigenvalue weighted by Crippen LogP contribution is 2.29. The number of ketones is 1. The number of ether oxygens (including phenoxy) is 1. The highest BCUT2D eigenvalue weighted by molar-refractivity contribution is 9.10. The molecule has 14 heavy (non-hydrogen) atoms. The minimum atomic E-state index is 0.0204. The first-order valence-electron chi connectivity index (χ1n) is 4.16. The predicted octanol–water partition coefficient (Wildman–Crippen LogP) is 3.06. The molecule has 1 rings (SSSR count). The Morgan fingerprint density at radius 2 is 2.21 bits per heavy atom. The van der Waals surface area contributed by atoms with E-state index in [0.717, 1.165) is 15.8 Å². The zero-order chi connectivity index (χ0) is 10.6. The summed E-state index contributed by atoms with van der Waals surface area (Å²) in [7, 11) is 1.60. The second-order valence-corrected chi connectivity index (χ2v) is 3.66. The number of hydrogen-bond donors (Lipinski definition) is 0. The number of carbonyl (C=O) groups excluding carboxylic acids is 1. The normalized spacial score (nSPS) is 10.5. The van der Waals surface area contributed by atoms with E-state index in [4.69, 9.17) is 4.74 Å². The standard InChI is InChI=1S/C11H11BrO2/c1-8(13)6-7-9-4-3-5-10(12)11(9)14-2/h3-7H,1-2H3/b7-6+. The highest BCUT2D eigenvalue weighted by atomic mass is 79.9. The molecule has 0 aliphatic rings. The van der Waals surface area contributed by atoms with Gasteiger partial charge in [0.25, 0.3) is 0 Å². The van der Waals surface area contributed by atoms with E-state index in [0.29, 0.717) is 0 Å². The maximum Gasteiger partial charge on any atom is 0.152 e. The molecular weight excluding hydrogens is 244 g/mol. The summed E-state index contributed by atoms with van der Waals surface area (Å²) < 4.78 is 6.08. The van der Waals surface area contributed by atoms with Crippen LogP contribution in [0.25, 0.3) is 6.08 Å². The highest BCUT2D eigenvalue weighted by Gasteiger charge is 2.03. The molecule has 0 heterocycles. The number of rotatable bonds is 3. The van der Waals surface area contributed by atoms with Gasteiger partial charge in [-0.25, -0.2) is 0 Å². The summed E-state index contributed by atoms with van der Waals surface area (Å²) in [6.07, 6.45) is 3.26. The average Bonchev–Trinajstić information content (AvgIpc) is 2.14. The van der Waals surface area contributed by atoms with E-state index in [-0.39, 0.29) is 5.78 Å². The van der Waals surface area contributed by atoms with Crippen molar-refractivity contribution in [2.45, 2.75) is 6.92 Å². The average molecular weight is 255 g/mol. The van der Waals surface area contributed by atoms with E-state index in [9.17, 15) is 4.79 Å². The van der Waals surface area contributed by atoms with Crippen LogP contribution in [0.1, 0.15) is 12.5 Å². The van der Waals surface area contributed by atoms with Crippen LogP contribution in [-0.2, 0) is 4.79 Å². The minimum absolute atomic E-state index is 0.0204. The lowest BCUT2D eigenvalue weighted by atomic mass is 10.2. The molecule has 0 unspecified atom stereocenters. The lowest BCUT2D eigenvalue weighted by molar-refractivity contribution is -0.112. The molecule has 3 heteroatoms. The van der Waals surface area contributed by atoms with Crippen molar-refractivity contribution in [3.63, 3.8) is 0 Å². The second kappa shape index (κ2) is 4.96. The zero-order valence-corrected chi connectivity index (χ0v) is 9.67. The van der Waals surface area contributed by atoms with Crippen LogP contribution in [0.4, 0.5) is 0 Å². The number of methoxy groups -OCH3 is 1. The fraction of sp³-hybridized carbons (Fsp3) is 0.182. The molecule has 0 aliphatic heterocycles. The van der Waals surface area contributed by atoms with Crippen molar-refractivity contribution in [1.82, 2.24) is 0 Å². The fourth-order valence-electron chi connectivity index (χ4n) is 1.08. The molecule has 0 amide bonds. The molecule has 0 fully saturated rings. The molecule has 0 aromatic heterocycles. The summed E-state index contributed by atoms with van der Waals surface area (Å²) in [6.45, 7) is 1.51. The van der Waals surface area contributed by atoms with Crippen molar-refractivity contribution >= 4 is 27.8 Å². The van der Waals surface area contributed by atoms with E-state index in [1.807, 2.05) is 18.2 Å². The van der Waals surface area contributed by atoms with Gasteiger partial charge in [-0.3, -0.25) is 4.79 Å². The Labute approximate surface area is 91.7 Å². The molecule has 0 N–H and O–H groups in total. The maximum absolute atomic E-state index is 10.8. The molecule has 0 aliphatic carbocycles. The van der Waals surface area contributed by atoms with E-state index in [1.54, 1.807) is 13.2 Å². The summed E-state index contributed by atoms with van der Waals surface area (Å²) in [5, 5.41) is 0. The summed E-state index contributed by atoms with van der Waals surface area (Å²) >= 11 is 3.37. The van der Waals surface area contributed by atoms with Crippen LogP contribution in [0.2, 0.25) is 0 Å². The van der Waals surface area contributed by atoms with Crippen LogP contribution in [0.5, 0.6) is 5.75 Å². The van der Waals surface area contributed by atoms with Gasteiger partial charge in [0.1, 0.15) is 5.75 Å². The Kier molecular flexibility index (Phi) is 3.89. The predicted molar refractivity (Wildman–Crippen MR) is 60.4 cm³/mol. The topological polar surface area (TPSA) is 26.3 Å². The van der Waals surface area contributed by atoms with Gasteiger partial charge in [-0.1, -0.05) is 12.1 Å². The third kappa shape index (κ3) is 2.70. The van der Waals surface area contributed by atoms with Gasteiger partial charge in [0.15, 0.2) is 5.78 Å². The van der Waals surface area contributed by atoms with E-state index in [1.165, 1.54) is 13.0 Å². The van der Waals surface area contributed by atoms with Gasteiger partial charge in [0.05, 0.1) is 11.6 Å². The Hall–Kier alpha value is -1.09. The number of halogens is 1. The van der Waals surface area contributed by atoms with Crippen LogP contribution >= 0.6 is 15.9 Å². The number of hydrogen-bond acceptors (Lipinski definition) is 2. The minimum Gasteiger partial charge on any atom is -0.495 e. The molecule has 1 aromatic carbocycles. The second-order valence-electron chi connectivity index (χ2n) is 2.81. The van der Waals surface area contributed by atoms with Gasteiger partial charge in [0, 0.05) is 5.56 Å². The number of carbonyl (C=O) groups is 1. The van der Waals surface area contributed by atoms with Crippen LogP contribution in [0.15, 0.2) is 28.7 Å². The van der Waals surface area contributed by atoms with Gasteiger partial charge in [0.2, 0.25) is 0 Å². The van der Waals surface area contributed by atoms with Crippen molar-refractivity contribution in [2.75, 3.05) is 7.11 Å². The Morgan fingerprint density at radius 1 is 1.50 bits per heavy atom. The van der Waals surface area contributed by atoms with E-state index < -0.39 is 0 Å². The quantitative estimate of drug-likeness (QED) is 0.776. The first-order chi connectivity index (χ1) is 6.65.